The summed E-state index contributed by atoms with van der Waals surface area (Å²) in [4.78, 5) is 52.8. The molecule has 0 radical (unpaired) electrons. The average molecular weight is 443 g/mol. The Hall–Kier alpha value is -3.39. The van der Waals surface area contributed by atoms with Crippen LogP contribution >= 0.6 is 11.6 Å². The zero-order valence-electron chi connectivity index (χ0n) is 16.7. The van der Waals surface area contributed by atoms with Crippen molar-refractivity contribution < 1.29 is 28.7 Å². The Balaban J connectivity index is 1.58. The molecule has 9 heteroatoms. The average Bonchev–Trinajstić information content (AvgIpc) is 3.40. The van der Waals surface area contributed by atoms with Gasteiger partial charge in [0.2, 0.25) is 0 Å². The van der Waals surface area contributed by atoms with Crippen molar-refractivity contribution in [1.29, 1.82) is 0 Å². The van der Waals surface area contributed by atoms with Gasteiger partial charge < -0.3 is 14.4 Å². The second-order valence-electron chi connectivity index (χ2n) is 7.16. The summed E-state index contributed by atoms with van der Waals surface area (Å²) in [6.45, 7) is 0.917. The Kier molecular flexibility index (Phi) is 5.65. The minimum Gasteiger partial charge on any atom is -0.496 e. The number of carbonyl (C=O) groups excluding carboxylic acids is 4. The normalized spacial score (nSPS) is 15.3. The van der Waals surface area contributed by atoms with Crippen LogP contribution in [0.3, 0.4) is 0 Å². The SMILES string of the molecule is COc1cc(N2C(=O)c3ccccc3C2=O)c(Cl)cc1C(=O)OCC(=O)N1CCCC1. The summed E-state index contributed by atoms with van der Waals surface area (Å²) in [5.74, 6) is -2.03. The van der Waals surface area contributed by atoms with Crippen LogP contribution in [0.2, 0.25) is 5.02 Å². The lowest BCUT2D eigenvalue weighted by molar-refractivity contribution is -0.133. The van der Waals surface area contributed by atoms with Crippen LogP contribution in [-0.2, 0) is 9.53 Å². The zero-order chi connectivity index (χ0) is 22.1. The molecule has 3 amide bonds. The number of benzene rings is 2. The zero-order valence-corrected chi connectivity index (χ0v) is 17.5. The van der Waals surface area contributed by atoms with Crippen molar-refractivity contribution in [2.45, 2.75) is 12.8 Å². The molecule has 0 N–H and O–H groups in total. The summed E-state index contributed by atoms with van der Waals surface area (Å²) >= 11 is 6.34. The maximum absolute atomic E-state index is 12.8. The molecule has 0 atom stereocenters. The second kappa shape index (κ2) is 8.39. The van der Waals surface area contributed by atoms with Gasteiger partial charge in [0.1, 0.15) is 11.3 Å². The minimum absolute atomic E-state index is 0.00637. The monoisotopic (exact) mass is 442 g/mol. The van der Waals surface area contributed by atoms with E-state index in [-0.39, 0.29) is 45.7 Å². The smallest absolute Gasteiger partial charge is 0.342 e. The number of hydrogen-bond acceptors (Lipinski definition) is 6. The molecule has 31 heavy (non-hydrogen) atoms. The lowest BCUT2D eigenvalue weighted by Gasteiger charge is -2.19. The molecule has 0 spiro atoms. The fourth-order valence-electron chi connectivity index (χ4n) is 3.71. The van der Waals surface area contributed by atoms with Crippen LogP contribution in [0, 0.1) is 0 Å². The van der Waals surface area contributed by atoms with Crippen molar-refractivity contribution in [2.24, 2.45) is 0 Å². The van der Waals surface area contributed by atoms with E-state index in [0.29, 0.717) is 13.1 Å². The van der Waals surface area contributed by atoms with E-state index >= 15 is 0 Å². The van der Waals surface area contributed by atoms with Gasteiger partial charge in [-0.15, -0.1) is 0 Å². The summed E-state index contributed by atoms with van der Waals surface area (Å²) in [6, 6.07) is 9.05. The quantitative estimate of drug-likeness (QED) is 0.522. The third kappa shape index (κ3) is 3.74. The number of esters is 1. The molecule has 160 valence electrons. The molecular weight excluding hydrogens is 424 g/mol. The molecule has 0 aromatic heterocycles. The van der Waals surface area contributed by atoms with E-state index in [2.05, 4.69) is 0 Å². The number of nitrogens with zero attached hydrogens (tertiary/aromatic N) is 2. The summed E-state index contributed by atoms with van der Waals surface area (Å²) in [6.07, 6.45) is 1.87. The molecule has 1 saturated heterocycles. The molecule has 2 aromatic rings. The van der Waals surface area contributed by atoms with E-state index in [1.807, 2.05) is 0 Å². The second-order valence-corrected chi connectivity index (χ2v) is 7.57. The maximum Gasteiger partial charge on any atom is 0.342 e. The Labute approximate surface area is 183 Å². The highest BCUT2D eigenvalue weighted by atomic mass is 35.5. The predicted octanol–water partition coefficient (Wildman–Crippen LogP) is 2.93. The van der Waals surface area contributed by atoms with Gasteiger partial charge in [-0.3, -0.25) is 14.4 Å². The molecular formula is C22H19ClN2O6. The topological polar surface area (TPSA) is 93.2 Å². The van der Waals surface area contributed by atoms with Crippen LogP contribution in [-0.4, -0.2) is 55.4 Å². The minimum atomic E-state index is -0.791. The number of methoxy groups -OCH3 is 1. The fraction of sp³-hybridized carbons (Fsp3) is 0.273. The molecule has 1 fully saturated rings. The number of imide groups is 1. The number of hydrogen-bond donors (Lipinski definition) is 0. The van der Waals surface area contributed by atoms with Gasteiger partial charge in [-0.2, -0.15) is 0 Å². The number of ether oxygens (including phenoxy) is 2. The molecule has 2 aromatic carbocycles. The van der Waals surface area contributed by atoms with E-state index in [0.717, 1.165) is 17.7 Å². The van der Waals surface area contributed by atoms with Gasteiger partial charge in [0.05, 0.1) is 28.9 Å². The Morgan fingerprint density at radius 3 is 2.23 bits per heavy atom. The lowest BCUT2D eigenvalue weighted by atomic mass is 10.1. The van der Waals surface area contributed by atoms with E-state index in [4.69, 9.17) is 21.1 Å². The van der Waals surface area contributed by atoms with Gasteiger partial charge in [-0.05, 0) is 31.0 Å². The van der Waals surface area contributed by atoms with Crippen molar-refractivity contribution in [3.05, 3.63) is 58.1 Å². The summed E-state index contributed by atoms with van der Waals surface area (Å²) in [7, 11) is 1.33. The molecule has 2 heterocycles. The van der Waals surface area contributed by atoms with Crippen LogP contribution < -0.4 is 9.64 Å². The number of carbonyl (C=O) groups is 4. The first kappa shape index (κ1) is 20.9. The summed E-state index contributed by atoms with van der Waals surface area (Å²) in [5, 5.41) is -0.00637. The predicted molar refractivity (Wildman–Crippen MR) is 112 cm³/mol. The highest BCUT2D eigenvalue weighted by Gasteiger charge is 2.38. The highest BCUT2D eigenvalue weighted by Crippen LogP contribution is 2.38. The highest BCUT2D eigenvalue weighted by molar-refractivity contribution is 6.40. The number of amides is 3. The molecule has 0 bridgehead atoms. The standard InChI is InChI=1S/C22H19ClN2O6/c1-30-18-11-17(25-20(27)13-6-2-3-7-14(13)21(25)28)16(23)10-15(18)22(29)31-12-19(26)24-8-4-5-9-24/h2-3,6-7,10-11H,4-5,8-9,12H2,1H3. The largest absolute Gasteiger partial charge is 0.496 e. The van der Waals surface area contributed by atoms with Crippen molar-refractivity contribution in [1.82, 2.24) is 4.90 Å². The van der Waals surface area contributed by atoms with Crippen molar-refractivity contribution in [3.63, 3.8) is 0 Å². The Morgan fingerprint density at radius 2 is 1.65 bits per heavy atom. The molecule has 2 aliphatic rings. The van der Waals surface area contributed by atoms with Gasteiger partial charge in [-0.1, -0.05) is 23.7 Å². The molecule has 0 unspecified atom stereocenters. The van der Waals surface area contributed by atoms with E-state index in [9.17, 15) is 19.2 Å². The number of halogens is 1. The fourth-order valence-corrected chi connectivity index (χ4v) is 3.96. The Morgan fingerprint density at radius 1 is 1.03 bits per heavy atom. The van der Waals surface area contributed by atoms with Crippen LogP contribution in [0.25, 0.3) is 0 Å². The number of fused-ring (bicyclic) bond motifs is 1. The first-order valence-electron chi connectivity index (χ1n) is 9.72. The molecule has 2 aliphatic heterocycles. The van der Waals surface area contributed by atoms with Crippen LogP contribution in [0.1, 0.15) is 43.9 Å². The van der Waals surface area contributed by atoms with Gasteiger partial charge in [0.15, 0.2) is 6.61 Å². The molecule has 8 nitrogen and oxygen atoms in total. The van der Waals surface area contributed by atoms with Gasteiger partial charge in [0, 0.05) is 19.2 Å². The van der Waals surface area contributed by atoms with Crippen LogP contribution in [0.15, 0.2) is 36.4 Å². The third-order valence-corrected chi connectivity index (χ3v) is 5.61. The Bertz CT molecular complexity index is 1060. The number of anilines is 1. The first-order valence-corrected chi connectivity index (χ1v) is 10.1. The lowest BCUT2D eigenvalue weighted by Crippen LogP contribution is -2.32. The van der Waals surface area contributed by atoms with Crippen LogP contribution in [0.4, 0.5) is 5.69 Å². The van der Waals surface area contributed by atoms with Crippen molar-refractivity contribution >= 4 is 41.0 Å². The first-order chi connectivity index (χ1) is 14.9. The van der Waals surface area contributed by atoms with Crippen molar-refractivity contribution in [3.8, 4) is 5.75 Å². The van der Waals surface area contributed by atoms with E-state index < -0.39 is 17.8 Å². The molecule has 0 saturated carbocycles. The third-order valence-electron chi connectivity index (χ3n) is 5.31. The molecule has 0 aliphatic carbocycles. The number of likely N-dealkylation sites (tertiary alicyclic amines) is 1. The summed E-state index contributed by atoms with van der Waals surface area (Å²) in [5.41, 5.74) is 0.620. The van der Waals surface area contributed by atoms with Crippen LogP contribution in [0.5, 0.6) is 5.75 Å². The van der Waals surface area contributed by atoms with E-state index in [1.54, 1.807) is 29.2 Å². The van der Waals surface area contributed by atoms with Gasteiger partial charge in [0.25, 0.3) is 17.7 Å². The van der Waals surface area contributed by atoms with E-state index in [1.165, 1.54) is 19.2 Å². The van der Waals surface area contributed by atoms with Gasteiger partial charge >= 0.3 is 5.97 Å². The maximum atomic E-state index is 12.8. The summed E-state index contributed by atoms with van der Waals surface area (Å²) < 4.78 is 10.4. The number of rotatable bonds is 5. The van der Waals surface area contributed by atoms with Gasteiger partial charge in [-0.25, -0.2) is 9.69 Å². The molecule has 4 rings (SSSR count). The van der Waals surface area contributed by atoms with Crippen molar-refractivity contribution in [2.75, 3.05) is 31.7 Å².